The highest BCUT2D eigenvalue weighted by Gasteiger charge is 2.15. The number of pyridine rings is 1. The quantitative estimate of drug-likeness (QED) is 0.804. The van der Waals surface area contributed by atoms with Gasteiger partial charge in [0, 0.05) is 19.9 Å². The van der Waals surface area contributed by atoms with Gasteiger partial charge in [0.15, 0.2) is 5.65 Å². The van der Waals surface area contributed by atoms with Crippen molar-refractivity contribution in [2.24, 2.45) is 0 Å². The van der Waals surface area contributed by atoms with E-state index in [2.05, 4.69) is 9.97 Å². The van der Waals surface area contributed by atoms with E-state index in [1.165, 1.54) is 0 Å². The van der Waals surface area contributed by atoms with E-state index < -0.39 is 0 Å². The highest BCUT2D eigenvalue weighted by molar-refractivity contribution is 6.31. The fraction of sp³-hybridized carbons (Fsp3) is 0.455. The predicted octanol–water partition coefficient (Wildman–Crippen LogP) is 3.03. The van der Waals surface area contributed by atoms with E-state index in [0.29, 0.717) is 18.2 Å². The monoisotopic (exact) mass is 273 g/mol. The summed E-state index contributed by atoms with van der Waals surface area (Å²) in [5, 5.41) is 0.391. The van der Waals surface area contributed by atoms with Gasteiger partial charge in [-0.25, -0.2) is 9.97 Å². The summed E-state index contributed by atoms with van der Waals surface area (Å²) in [6.07, 6.45) is 1.61. The minimum atomic E-state index is -0.181. The summed E-state index contributed by atoms with van der Waals surface area (Å²) < 4.78 is 7.04. The zero-order valence-electron chi connectivity index (χ0n) is 9.65. The van der Waals surface area contributed by atoms with Crippen LogP contribution in [-0.2, 0) is 11.3 Å². The molecule has 0 N–H and O–H groups in total. The van der Waals surface area contributed by atoms with Gasteiger partial charge in [0.2, 0.25) is 0 Å². The number of ether oxygens (including phenoxy) is 1. The molecule has 0 fully saturated rings. The van der Waals surface area contributed by atoms with Gasteiger partial charge in [-0.05, 0) is 13.0 Å². The molecule has 0 amide bonds. The average molecular weight is 274 g/mol. The molecular weight excluding hydrogens is 261 g/mol. The van der Waals surface area contributed by atoms with Crippen molar-refractivity contribution in [1.82, 2.24) is 14.5 Å². The zero-order valence-corrected chi connectivity index (χ0v) is 11.2. The second-order valence-electron chi connectivity index (χ2n) is 3.73. The summed E-state index contributed by atoms with van der Waals surface area (Å²) in [6.45, 7) is 3.15. The molecule has 2 heterocycles. The predicted molar refractivity (Wildman–Crippen MR) is 68.7 cm³/mol. The molecule has 17 heavy (non-hydrogen) atoms. The normalized spacial score (nSPS) is 13.2. The molecule has 0 radical (unpaired) electrons. The number of fused-ring (bicyclic) bond motifs is 1. The molecule has 6 heteroatoms. The molecule has 2 aromatic rings. The molecule has 0 aromatic carbocycles. The highest BCUT2D eigenvalue weighted by atomic mass is 35.5. The minimum Gasteiger partial charge on any atom is -0.383 e. The van der Waals surface area contributed by atoms with Crippen molar-refractivity contribution >= 4 is 34.4 Å². The number of nitrogens with zero attached hydrogens (tertiary/aromatic N) is 3. The number of aromatic nitrogens is 3. The Balaban J connectivity index is 2.54. The third kappa shape index (κ3) is 2.54. The lowest BCUT2D eigenvalue weighted by molar-refractivity contribution is 0.187. The van der Waals surface area contributed by atoms with Crippen LogP contribution >= 0.6 is 23.2 Å². The maximum atomic E-state index is 6.11. The Labute approximate surface area is 110 Å². The molecule has 0 aliphatic rings. The minimum absolute atomic E-state index is 0.181. The summed E-state index contributed by atoms with van der Waals surface area (Å²) in [5.41, 5.74) is 1.55. The van der Waals surface area contributed by atoms with Crippen molar-refractivity contribution in [2.45, 2.75) is 18.8 Å². The first kappa shape index (κ1) is 12.6. The van der Waals surface area contributed by atoms with Crippen LogP contribution in [0.5, 0.6) is 0 Å². The van der Waals surface area contributed by atoms with E-state index in [-0.39, 0.29) is 5.38 Å². The fourth-order valence-electron chi connectivity index (χ4n) is 1.71. The van der Waals surface area contributed by atoms with Crippen LogP contribution in [0, 0.1) is 0 Å². The SMILES string of the molecule is COCCn1c(C(C)Cl)nc2cc(Cl)cnc21. The van der Waals surface area contributed by atoms with Gasteiger partial charge in [0.05, 0.1) is 17.0 Å². The van der Waals surface area contributed by atoms with Crippen LogP contribution < -0.4 is 0 Å². The Hall–Kier alpha value is -0.840. The maximum absolute atomic E-state index is 6.11. The molecule has 1 unspecified atom stereocenters. The zero-order chi connectivity index (χ0) is 12.4. The second kappa shape index (κ2) is 5.21. The first-order valence-electron chi connectivity index (χ1n) is 5.28. The maximum Gasteiger partial charge on any atom is 0.160 e. The van der Waals surface area contributed by atoms with Crippen LogP contribution in [0.1, 0.15) is 18.1 Å². The average Bonchev–Trinajstić information content (AvgIpc) is 2.64. The molecular formula is C11H13Cl2N3O. The number of rotatable bonds is 4. The molecule has 0 bridgehead atoms. The molecule has 0 aliphatic heterocycles. The Morgan fingerprint density at radius 3 is 2.94 bits per heavy atom. The van der Waals surface area contributed by atoms with Crippen molar-refractivity contribution in [2.75, 3.05) is 13.7 Å². The first-order valence-corrected chi connectivity index (χ1v) is 6.09. The van der Waals surface area contributed by atoms with Gasteiger partial charge in [-0.15, -0.1) is 11.6 Å². The lowest BCUT2D eigenvalue weighted by atomic mass is 10.4. The van der Waals surface area contributed by atoms with Crippen LogP contribution in [0.3, 0.4) is 0 Å². The molecule has 0 saturated heterocycles. The fourth-order valence-corrected chi connectivity index (χ4v) is 2.03. The van der Waals surface area contributed by atoms with Gasteiger partial charge in [0.1, 0.15) is 11.3 Å². The molecule has 2 aromatic heterocycles. The summed E-state index contributed by atoms with van der Waals surface area (Å²) in [6, 6.07) is 1.79. The van der Waals surface area contributed by atoms with Gasteiger partial charge in [0.25, 0.3) is 0 Å². The van der Waals surface area contributed by atoms with E-state index in [9.17, 15) is 0 Å². The number of alkyl halides is 1. The van der Waals surface area contributed by atoms with Gasteiger partial charge >= 0.3 is 0 Å². The van der Waals surface area contributed by atoms with E-state index >= 15 is 0 Å². The summed E-state index contributed by atoms with van der Waals surface area (Å²) in [5.74, 6) is 0.786. The van der Waals surface area contributed by atoms with E-state index in [1.54, 1.807) is 19.4 Å². The van der Waals surface area contributed by atoms with Crippen molar-refractivity contribution in [3.63, 3.8) is 0 Å². The largest absolute Gasteiger partial charge is 0.383 e. The van der Waals surface area contributed by atoms with Crippen LogP contribution in [0.25, 0.3) is 11.2 Å². The molecule has 2 rings (SSSR count). The molecule has 1 atom stereocenters. The summed E-state index contributed by atoms with van der Waals surface area (Å²) in [7, 11) is 1.66. The van der Waals surface area contributed by atoms with Crippen LogP contribution in [-0.4, -0.2) is 28.3 Å². The smallest absolute Gasteiger partial charge is 0.160 e. The van der Waals surface area contributed by atoms with Gasteiger partial charge in [-0.1, -0.05) is 11.6 Å². The second-order valence-corrected chi connectivity index (χ2v) is 4.82. The van der Waals surface area contributed by atoms with Gasteiger partial charge in [-0.2, -0.15) is 0 Å². The Morgan fingerprint density at radius 2 is 2.29 bits per heavy atom. The van der Waals surface area contributed by atoms with Crippen LogP contribution in [0.15, 0.2) is 12.3 Å². The lowest BCUT2D eigenvalue weighted by Gasteiger charge is -2.08. The van der Waals surface area contributed by atoms with E-state index in [1.807, 2.05) is 11.5 Å². The topological polar surface area (TPSA) is 39.9 Å². The molecule has 0 aliphatic carbocycles. The van der Waals surface area contributed by atoms with Gasteiger partial charge < -0.3 is 9.30 Å². The van der Waals surface area contributed by atoms with Gasteiger partial charge in [-0.3, -0.25) is 0 Å². The Kier molecular flexibility index (Phi) is 3.86. The highest BCUT2D eigenvalue weighted by Crippen LogP contribution is 2.24. The summed E-state index contributed by atoms with van der Waals surface area (Å²) in [4.78, 5) is 8.75. The third-order valence-electron chi connectivity index (χ3n) is 2.46. The number of imidazole rings is 1. The molecule has 0 spiro atoms. The van der Waals surface area contributed by atoms with Crippen LogP contribution in [0.4, 0.5) is 0 Å². The standard InChI is InChI=1S/C11H13Cl2N3O/c1-7(12)10-15-9-5-8(13)6-14-11(9)16(10)3-4-17-2/h5-7H,3-4H2,1-2H3. The third-order valence-corrected chi connectivity index (χ3v) is 2.86. The number of halogens is 2. The molecule has 0 saturated carbocycles. The van der Waals surface area contributed by atoms with Crippen molar-refractivity contribution in [3.05, 3.63) is 23.1 Å². The van der Waals surface area contributed by atoms with E-state index in [4.69, 9.17) is 27.9 Å². The van der Waals surface area contributed by atoms with E-state index in [0.717, 1.165) is 17.0 Å². The number of hydrogen-bond acceptors (Lipinski definition) is 3. The Bertz CT molecular complexity index is 525. The lowest BCUT2D eigenvalue weighted by Crippen LogP contribution is -2.09. The number of hydrogen-bond donors (Lipinski definition) is 0. The summed E-state index contributed by atoms with van der Waals surface area (Å²) >= 11 is 12.0. The Morgan fingerprint density at radius 1 is 1.53 bits per heavy atom. The molecule has 92 valence electrons. The molecule has 4 nitrogen and oxygen atoms in total. The van der Waals surface area contributed by atoms with Crippen molar-refractivity contribution in [3.8, 4) is 0 Å². The van der Waals surface area contributed by atoms with Crippen molar-refractivity contribution in [1.29, 1.82) is 0 Å². The first-order chi connectivity index (χ1) is 8.13. The van der Waals surface area contributed by atoms with Crippen LogP contribution in [0.2, 0.25) is 5.02 Å². The number of methoxy groups -OCH3 is 1. The van der Waals surface area contributed by atoms with Crippen molar-refractivity contribution < 1.29 is 4.74 Å².